The second-order valence-electron chi connectivity index (χ2n) is 4.95. The Morgan fingerprint density at radius 2 is 2.09 bits per heavy atom. The molecule has 0 amide bonds. The van der Waals surface area contributed by atoms with Gasteiger partial charge >= 0.3 is 0 Å². The van der Waals surface area contributed by atoms with Crippen LogP contribution in [-0.4, -0.2) is 15.1 Å². The molecule has 0 aliphatic heterocycles. The summed E-state index contributed by atoms with van der Waals surface area (Å²) >= 11 is 0. The summed E-state index contributed by atoms with van der Waals surface area (Å²) in [6, 6.07) is 9.31. The number of nitrogens with zero attached hydrogens (tertiary/aromatic N) is 3. The fourth-order valence-electron chi connectivity index (χ4n) is 2.23. The maximum Gasteiger partial charge on any atom is 0.251 e. The van der Waals surface area contributed by atoms with Crippen LogP contribution in [0.25, 0.3) is 34.6 Å². The van der Waals surface area contributed by atoms with Gasteiger partial charge < -0.3 is 13.4 Å². The number of hydrogen-bond acceptors (Lipinski definition) is 6. The highest BCUT2D eigenvalue weighted by Crippen LogP contribution is 2.23. The smallest absolute Gasteiger partial charge is 0.251 e. The van der Waals surface area contributed by atoms with Crippen LogP contribution in [0.3, 0.4) is 0 Å². The average Bonchev–Trinajstić information content (AvgIpc) is 3.31. The topological polar surface area (TPSA) is 78.1 Å². The number of aryl methyl sites for hydroxylation is 1. The van der Waals surface area contributed by atoms with Crippen LogP contribution in [0.2, 0.25) is 0 Å². The molecule has 3 heterocycles. The van der Waals surface area contributed by atoms with Crippen LogP contribution in [-0.2, 0) is 6.42 Å². The van der Waals surface area contributed by atoms with E-state index in [4.69, 9.17) is 13.4 Å². The van der Waals surface area contributed by atoms with Crippen molar-refractivity contribution in [3.8, 4) is 11.4 Å². The monoisotopic (exact) mass is 307 g/mol. The highest BCUT2D eigenvalue weighted by atomic mass is 16.5. The van der Waals surface area contributed by atoms with E-state index in [2.05, 4.69) is 15.1 Å². The van der Waals surface area contributed by atoms with E-state index in [9.17, 15) is 0 Å². The van der Waals surface area contributed by atoms with Crippen LogP contribution in [0.15, 0.2) is 50.0 Å². The van der Waals surface area contributed by atoms with Crippen LogP contribution >= 0.6 is 0 Å². The minimum atomic E-state index is 0.408. The van der Waals surface area contributed by atoms with E-state index in [1.165, 1.54) is 0 Å². The van der Waals surface area contributed by atoms with E-state index in [1.807, 2.05) is 37.3 Å². The van der Waals surface area contributed by atoms with Crippen LogP contribution in [0.1, 0.15) is 24.5 Å². The van der Waals surface area contributed by atoms with Crippen molar-refractivity contribution in [1.29, 1.82) is 0 Å². The van der Waals surface area contributed by atoms with Crippen LogP contribution < -0.4 is 0 Å². The highest BCUT2D eigenvalue weighted by Gasteiger charge is 2.10. The second kappa shape index (κ2) is 5.57. The number of rotatable bonds is 4. The quantitative estimate of drug-likeness (QED) is 0.562. The lowest BCUT2D eigenvalue weighted by Gasteiger charge is -1.92. The van der Waals surface area contributed by atoms with Gasteiger partial charge in [-0.2, -0.15) is 4.98 Å². The molecule has 0 aliphatic carbocycles. The molecular weight excluding hydrogens is 294 g/mol. The summed E-state index contributed by atoms with van der Waals surface area (Å²) in [6.07, 6.45) is 5.84. The van der Waals surface area contributed by atoms with Gasteiger partial charge in [0.15, 0.2) is 11.5 Å². The van der Waals surface area contributed by atoms with Crippen molar-refractivity contribution >= 4 is 23.3 Å². The average molecular weight is 307 g/mol. The molecule has 0 unspecified atom stereocenters. The molecular formula is C17H13N3O3. The van der Waals surface area contributed by atoms with Crippen LogP contribution in [0.5, 0.6) is 0 Å². The number of hydrogen-bond donors (Lipinski definition) is 0. The van der Waals surface area contributed by atoms with E-state index < -0.39 is 0 Å². The first-order valence-electron chi connectivity index (χ1n) is 7.27. The third-order valence-electron chi connectivity index (χ3n) is 3.37. The summed E-state index contributed by atoms with van der Waals surface area (Å²) in [7, 11) is 0. The van der Waals surface area contributed by atoms with E-state index >= 15 is 0 Å². The number of aromatic nitrogens is 3. The Morgan fingerprint density at radius 3 is 2.91 bits per heavy atom. The number of fused-ring (bicyclic) bond motifs is 1. The Bertz CT molecular complexity index is 964. The summed E-state index contributed by atoms with van der Waals surface area (Å²) in [5.74, 6) is 2.35. The lowest BCUT2D eigenvalue weighted by molar-refractivity contribution is 0.411. The first-order valence-corrected chi connectivity index (χ1v) is 7.27. The first-order chi connectivity index (χ1) is 11.3. The predicted octanol–water partition coefficient (Wildman–Crippen LogP) is 4.20. The number of furan rings is 1. The summed E-state index contributed by atoms with van der Waals surface area (Å²) in [6.45, 7) is 2.00. The summed E-state index contributed by atoms with van der Waals surface area (Å²) in [5, 5.41) is 3.99. The molecule has 0 N–H and O–H groups in total. The Balaban J connectivity index is 1.63. The van der Waals surface area contributed by atoms with Crippen LogP contribution in [0.4, 0.5) is 0 Å². The molecule has 4 aromatic rings. The van der Waals surface area contributed by atoms with Gasteiger partial charge in [0.2, 0.25) is 5.82 Å². The summed E-state index contributed by atoms with van der Waals surface area (Å²) in [5.41, 5.74) is 2.37. The van der Waals surface area contributed by atoms with Crippen molar-refractivity contribution in [1.82, 2.24) is 15.1 Å². The van der Waals surface area contributed by atoms with E-state index in [0.717, 1.165) is 28.8 Å². The zero-order valence-corrected chi connectivity index (χ0v) is 12.4. The molecule has 3 aromatic heterocycles. The molecule has 6 nitrogen and oxygen atoms in total. The Kier molecular flexibility index (Phi) is 3.27. The van der Waals surface area contributed by atoms with Crippen molar-refractivity contribution in [2.75, 3.05) is 0 Å². The Hall–Kier alpha value is -3.15. The SMILES string of the molecule is CCc1nc2cc(-c3noc(C=Cc4ccco4)n3)ccc2o1. The lowest BCUT2D eigenvalue weighted by atomic mass is 10.2. The summed E-state index contributed by atoms with van der Waals surface area (Å²) in [4.78, 5) is 8.76. The maximum atomic E-state index is 5.60. The fourth-order valence-corrected chi connectivity index (χ4v) is 2.23. The molecule has 4 rings (SSSR count). The van der Waals surface area contributed by atoms with Crippen molar-refractivity contribution < 1.29 is 13.4 Å². The van der Waals surface area contributed by atoms with Gasteiger partial charge in [0.25, 0.3) is 5.89 Å². The van der Waals surface area contributed by atoms with E-state index in [-0.39, 0.29) is 0 Å². The third-order valence-corrected chi connectivity index (χ3v) is 3.37. The van der Waals surface area contributed by atoms with E-state index in [0.29, 0.717) is 17.6 Å². The van der Waals surface area contributed by atoms with Gasteiger partial charge in [0, 0.05) is 18.1 Å². The fraction of sp³-hybridized carbons (Fsp3) is 0.118. The first kappa shape index (κ1) is 13.5. The third kappa shape index (κ3) is 2.66. The molecule has 0 spiro atoms. The predicted molar refractivity (Wildman–Crippen MR) is 84.3 cm³/mol. The molecule has 6 heteroatoms. The van der Waals surface area contributed by atoms with Crippen molar-refractivity contribution in [3.63, 3.8) is 0 Å². The molecule has 114 valence electrons. The molecule has 0 fully saturated rings. The Morgan fingerprint density at radius 1 is 1.13 bits per heavy atom. The highest BCUT2D eigenvalue weighted by molar-refractivity contribution is 5.78. The normalized spacial score (nSPS) is 11.7. The van der Waals surface area contributed by atoms with Gasteiger partial charge in [-0.1, -0.05) is 12.1 Å². The van der Waals surface area contributed by atoms with E-state index in [1.54, 1.807) is 18.4 Å². The van der Waals surface area contributed by atoms with Crippen molar-refractivity contribution in [2.24, 2.45) is 0 Å². The molecule has 0 atom stereocenters. The van der Waals surface area contributed by atoms with Gasteiger partial charge in [-0.3, -0.25) is 0 Å². The van der Waals surface area contributed by atoms with Gasteiger partial charge in [-0.25, -0.2) is 4.98 Å². The molecule has 23 heavy (non-hydrogen) atoms. The number of benzene rings is 1. The zero-order valence-electron chi connectivity index (χ0n) is 12.4. The minimum Gasteiger partial charge on any atom is -0.465 e. The molecule has 0 bridgehead atoms. The maximum absolute atomic E-state index is 5.60. The van der Waals surface area contributed by atoms with Gasteiger partial charge in [0.1, 0.15) is 11.3 Å². The largest absolute Gasteiger partial charge is 0.465 e. The molecule has 0 saturated carbocycles. The summed E-state index contributed by atoms with van der Waals surface area (Å²) < 4.78 is 16.0. The zero-order chi connectivity index (χ0) is 15.6. The number of oxazole rings is 1. The van der Waals surface area contributed by atoms with Gasteiger partial charge in [-0.15, -0.1) is 0 Å². The van der Waals surface area contributed by atoms with Crippen molar-refractivity contribution in [3.05, 3.63) is 54.1 Å². The minimum absolute atomic E-state index is 0.408. The standard InChI is InChI=1S/C17H13N3O3/c1-2-15-18-13-10-11(5-7-14(13)22-15)17-19-16(23-20-17)8-6-12-4-3-9-21-12/h3-10H,2H2,1H3. The van der Waals surface area contributed by atoms with Gasteiger partial charge in [-0.05, 0) is 36.4 Å². The molecule has 0 radical (unpaired) electrons. The second-order valence-corrected chi connectivity index (χ2v) is 4.95. The molecule has 0 aliphatic rings. The van der Waals surface area contributed by atoms with Crippen molar-refractivity contribution in [2.45, 2.75) is 13.3 Å². The Labute approximate surface area is 131 Å². The molecule has 1 aromatic carbocycles. The lowest BCUT2D eigenvalue weighted by Crippen LogP contribution is -1.81. The molecule has 0 saturated heterocycles. The van der Waals surface area contributed by atoms with Gasteiger partial charge in [0.05, 0.1) is 6.26 Å². The van der Waals surface area contributed by atoms with Crippen LogP contribution in [0, 0.1) is 0 Å².